The largest absolute Gasteiger partial charge is 0.314 e. The van der Waals surface area contributed by atoms with Crippen LogP contribution in [0.15, 0.2) is 0 Å². The zero-order chi connectivity index (χ0) is 8.65. The second-order valence-corrected chi connectivity index (χ2v) is 3.54. The van der Waals surface area contributed by atoms with E-state index in [1.807, 2.05) is 6.29 Å². The summed E-state index contributed by atoms with van der Waals surface area (Å²) >= 11 is 0. The average Bonchev–Trinajstić information content (AvgIpc) is 2.14. The Bertz CT molecular complexity index is 119. The molecule has 1 aliphatic heterocycles. The molecule has 1 rings (SSSR count). The molecule has 0 amide bonds. The van der Waals surface area contributed by atoms with Crippen LogP contribution >= 0.6 is 0 Å². The summed E-state index contributed by atoms with van der Waals surface area (Å²) in [4.78, 5) is 9.92. The van der Waals surface area contributed by atoms with Gasteiger partial charge in [-0.1, -0.05) is 12.8 Å². The highest BCUT2D eigenvalue weighted by molar-refractivity contribution is 5.50. The second-order valence-electron chi connectivity index (χ2n) is 3.54. The number of hydrogen-bond acceptors (Lipinski definition) is 2. The van der Waals surface area contributed by atoms with E-state index in [1.165, 1.54) is 38.6 Å². The van der Waals surface area contributed by atoms with Gasteiger partial charge >= 0.3 is 0 Å². The SMILES string of the molecule is O=[C]CCCCC1CCCCN1. The van der Waals surface area contributed by atoms with Crippen molar-refractivity contribution >= 4 is 6.29 Å². The van der Waals surface area contributed by atoms with Gasteiger partial charge in [-0.15, -0.1) is 0 Å². The van der Waals surface area contributed by atoms with Crippen molar-refractivity contribution in [3.05, 3.63) is 0 Å². The van der Waals surface area contributed by atoms with E-state index in [4.69, 9.17) is 0 Å². The van der Waals surface area contributed by atoms with E-state index in [2.05, 4.69) is 5.32 Å². The summed E-state index contributed by atoms with van der Waals surface area (Å²) in [6.07, 6.45) is 10.0. The highest BCUT2D eigenvalue weighted by atomic mass is 16.1. The third-order valence-corrected chi connectivity index (χ3v) is 2.49. The van der Waals surface area contributed by atoms with Gasteiger partial charge in [0.05, 0.1) is 0 Å². The lowest BCUT2D eigenvalue weighted by atomic mass is 9.99. The average molecular weight is 168 g/mol. The van der Waals surface area contributed by atoms with E-state index in [0.29, 0.717) is 6.42 Å². The fraction of sp³-hybridized carbons (Fsp3) is 0.900. The highest BCUT2D eigenvalue weighted by Crippen LogP contribution is 2.12. The molecule has 0 aromatic heterocycles. The molecule has 1 atom stereocenters. The Balaban J connectivity index is 1.94. The normalized spacial score (nSPS) is 23.8. The zero-order valence-electron chi connectivity index (χ0n) is 7.64. The molecule has 1 radical (unpaired) electrons. The van der Waals surface area contributed by atoms with Gasteiger partial charge < -0.3 is 5.32 Å². The van der Waals surface area contributed by atoms with E-state index in [9.17, 15) is 4.79 Å². The van der Waals surface area contributed by atoms with Crippen molar-refractivity contribution in [2.45, 2.75) is 51.0 Å². The lowest BCUT2D eigenvalue weighted by Gasteiger charge is -2.23. The number of rotatable bonds is 5. The number of hydrogen-bond donors (Lipinski definition) is 1. The summed E-state index contributed by atoms with van der Waals surface area (Å²) < 4.78 is 0. The van der Waals surface area contributed by atoms with Crippen molar-refractivity contribution in [1.82, 2.24) is 5.32 Å². The van der Waals surface area contributed by atoms with Crippen LogP contribution in [0.1, 0.15) is 44.9 Å². The standard InChI is InChI=1S/C10H18NO/c12-9-5-1-2-6-10-7-3-4-8-11-10/h10-11H,1-8H2. The van der Waals surface area contributed by atoms with E-state index in [1.54, 1.807) is 0 Å². The van der Waals surface area contributed by atoms with E-state index < -0.39 is 0 Å². The first-order chi connectivity index (χ1) is 5.93. The molecule has 0 aliphatic carbocycles. The molecule has 12 heavy (non-hydrogen) atoms. The van der Waals surface area contributed by atoms with Crippen LogP contribution in [-0.2, 0) is 4.79 Å². The molecule has 0 bridgehead atoms. The van der Waals surface area contributed by atoms with E-state index in [-0.39, 0.29) is 0 Å². The van der Waals surface area contributed by atoms with Crippen LogP contribution in [0.5, 0.6) is 0 Å². The first kappa shape index (κ1) is 9.72. The van der Waals surface area contributed by atoms with Gasteiger partial charge in [0.15, 0.2) is 6.29 Å². The smallest absolute Gasteiger partial charge is 0.198 e. The zero-order valence-corrected chi connectivity index (χ0v) is 7.64. The predicted octanol–water partition coefficient (Wildman–Crippen LogP) is 1.80. The monoisotopic (exact) mass is 168 g/mol. The van der Waals surface area contributed by atoms with Crippen LogP contribution < -0.4 is 5.32 Å². The minimum Gasteiger partial charge on any atom is -0.314 e. The van der Waals surface area contributed by atoms with Gasteiger partial charge in [0, 0.05) is 12.5 Å². The number of nitrogens with one attached hydrogen (secondary N) is 1. The Morgan fingerprint density at radius 1 is 1.33 bits per heavy atom. The molecule has 2 nitrogen and oxygen atoms in total. The summed E-state index contributed by atoms with van der Waals surface area (Å²) in [5.74, 6) is 0. The molecule has 1 N–H and O–H groups in total. The van der Waals surface area contributed by atoms with Crippen LogP contribution in [0.3, 0.4) is 0 Å². The lowest BCUT2D eigenvalue weighted by Crippen LogP contribution is -2.33. The number of carbonyl (C=O) groups excluding carboxylic acids is 1. The van der Waals surface area contributed by atoms with E-state index >= 15 is 0 Å². The first-order valence-electron chi connectivity index (χ1n) is 5.02. The van der Waals surface area contributed by atoms with Gasteiger partial charge in [-0.25, -0.2) is 0 Å². The maximum absolute atomic E-state index is 9.92. The highest BCUT2D eigenvalue weighted by Gasteiger charge is 2.10. The quantitative estimate of drug-likeness (QED) is 0.634. The Hall–Kier alpha value is -0.370. The van der Waals surface area contributed by atoms with Crippen LogP contribution in [0.4, 0.5) is 0 Å². The molecule has 1 fully saturated rings. The van der Waals surface area contributed by atoms with Gasteiger partial charge in [-0.2, -0.15) is 0 Å². The Kier molecular flexibility index (Phi) is 5.00. The van der Waals surface area contributed by atoms with Gasteiger partial charge in [-0.3, -0.25) is 4.79 Å². The third kappa shape index (κ3) is 3.86. The molecule has 1 unspecified atom stereocenters. The molecule has 1 heterocycles. The Labute approximate surface area is 74.7 Å². The Morgan fingerprint density at radius 3 is 2.92 bits per heavy atom. The molecule has 1 aliphatic rings. The maximum Gasteiger partial charge on any atom is 0.198 e. The molecule has 69 valence electrons. The minimum absolute atomic E-state index is 0.618. The molecule has 1 saturated heterocycles. The molecular formula is C10H18NO. The fourth-order valence-corrected chi connectivity index (χ4v) is 1.76. The van der Waals surface area contributed by atoms with Crippen LogP contribution in [0.25, 0.3) is 0 Å². The number of piperidine rings is 1. The van der Waals surface area contributed by atoms with Gasteiger partial charge in [-0.05, 0) is 32.2 Å². The van der Waals surface area contributed by atoms with Crippen molar-refractivity contribution in [1.29, 1.82) is 0 Å². The molecule has 0 aromatic carbocycles. The Morgan fingerprint density at radius 2 is 2.25 bits per heavy atom. The van der Waals surface area contributed by atoms with Crippen LogP contribution in [0.2, 0.25) is 0 Å². The van der Waals surface area contributed by atoms with E-state index in [0.717, 1.165) is 12.5 Å². The van der Waals surface area contributed by atoms with Gasteiger partial charge in [0.25, 0.3) is 0 Å². The lowest BCUT2D eigenvalue weighted by molar-refractivity contribution is 0.373. The molecule has 0 saturated carbocycles. The van der Waals surface area contributed by atoms with Gasteiger partial charge in [0.2, 0.25) is 0 Å². The van der Waals surface area contributed by atoms with Crippen LogP contribution in [0, 0.1) is 0 Å². The predicted molar refractivity (Wildman–Crippen MR) is 49.8 cm³/mol. The van der Waals surface area contributed by atoms with Crippen molar-refractivity contribution in [3.63, 3.8) is 0 Å². The summed E-state index contributed by atoms with van der Waals surface area (Å²) in [5, 5.41) is 3.50. The van der Waals surface area contributed by atoms with Crippen molar-refractivity contribution in [3.8, 4) is 0 Å². The van der Waals surface area contributed by atoms with Gasteiger partial charge in [0.1, 0.15) is 0 Å². The maximum atomic E-state index is 9.92. The molecule has 0 spiro atoms. The van der Waals surface area contributed by atoms with Crippen molar-refractivity contribution in [2.75, 3.05) is 6.54 Å². The molecule has 2 heteroatoms. The number of unbranched alkanes of at least 4 members (excludes halogenated alkanes) is 2. The molecular weight excluding hydrogens is 150 g/mol. The van der Waals surface area contributed by atoms with Crippen molar-refractivity contribution in [2.24, 2.45) is 0 Å². The second kappa shape index (κ2) is 6.18. The van der Waals surface area contributed by atoms with Crippen molar-refractivity contribution < 1.29 is 4.79 Å². The minimum atomic E-state index is 0.618. The third-order valence-electron chi connectivity index (χ3n) is 2.49. The first-order valence-corrected chi connectivity index (χ1v) is 5.02. The molecule has 0 aromatic rings. The fourth-order valence-electron chi connectivity index (χ4n) is 1.76. The summed E-state index contributed by atoms with van der Waals surface area (Å²) in [6, 6.07) is 0.727. The summed E-state index contributed by atoms with van der Waals surface area (Å²) in [5.41, 5.74) is 0. The van der Waals surface area contributed by atoms with Crippen LogP contribution in [-0.4, -0.2) is 18.9 Å². The summed E-state index contributed by atoms with van der Waals surface area (Å²) in [7, 11) is 0. The summed E-state index contributed by atoms with van der Waals surface area (Å²) in [6.45, 7) is 1.18. The topological polar surface area (TPSA) is 29.1 Å².